The number of aryl methyl sites for hydroxylation is 1. The summed E-state index contributed by atoms with van der Waals surface area (Å²) in [5, 5.41) is 2.95. The lowest BCUT2D eigenvalue weighted by molar-refractivity contribution is -0.124. The fraction of sp³-hybridized carbons (Fsp3) is 0.474. The smallest absolute Gasteiger partial charge is 0.240 e. The highest BCUT2D eigenvalue weighted by molar-refractivity contribution is 6.00. The maximum absolute atomic E-state index is 12.2. The number of anilines is 1. The molecule has 1 N–H and O–H groups in total. The number of nitrogens with one attached hydrogen (secondary N) is 1. The molecule has 1 heterocycles. The molecule has 0 atom stereocenters. The Labute approximate surface area is 137 Å². The average molecular weight is 312 g/mol. The van der Waals surface area contributed by atoms with Crippen molar-refractivity contribution < 1.29 is 9.59 Å². The van der Waals surface area contributed by atoms with Gasteiger partial charge in [0.15, 0.2) is 0 Å². The van der Waals surface area contributed by atoms with E-state index in [2.05, 4.69) is 11.4 Å². The molecule has 122 valence electrons. The first-order valence-corrected chi connectivity index (χ1v) is 8.57. The Morgan fingerprint density at radius 2 is 2.00 bits per heavy atom. The summed E-state index contributed by atoms with van der Waals surface area (Å²) in [4.78, 5) is 26.0. The van der Waals surface area contributed by atoms with Crippen molar-refractivity contribution in [1.82, 2.24) is 5.32 Å². The molecule has 0 saturated heterocycles. The Kier molecular flexibility index (Phi) is 5.11. The molecule has 0 radical (unpaired) electrons. The van der Waals surface area contributed by atoms with E-state index >= 15 is 0 Å². The maximum atomic E-state index is 12.2. The van der Waals surface area contributed by atoms with Gasteiger partial charge in [-0.2, -0.15) is 0 Å². The van der Waals surface area contributed by atoms with Gasteiger partial charge in [0.05, 0.1) is 0 Å². The standard InChI is InChI=1S/C19H24N2O2/c22-18(20-13-12-15-6-2-1-3-7-15)14-21-17-9-5-4-8-16(17)10-11-19(21)23/h4-6,8-9H,1-3,7,10-14H2,(H,20,22). The average Bonchev–Trinajstić information content (AvgIpc) is 2.58. The van der Waals surface area contributed by atoms with Crippen molar-refractivity contribution in [3.05, 3.63) is 41.5 Å². The molecule has 1 aliphatic heterocycles. The number of hydrogen-bond acceptors (Lipinski definition) is 2. The third kappa shape index (κ3) is 4.01. The second-order valence-electron chi connectivity index (χ2n) is 6.32. The zero-order chi connectivity index (χ0) is 16.1. The monoisotopic (exact) mass is 312 g/mol. The van der Waals surface area contributed by atoms with Crippen molar-refractivity contribution in [1.29, 1.82) is 0 Å². The molecule has 0 fully saturated rings. The summed E-state index contributed by atoms with van der Waals surface area (Å²) in [7, 11) is 0. The molecule has 1 aromatic rings. The first-order valence-electron chi connectivity index (χ1n) is 8.57. The zero-order valence-corrected chi connectivity index (χ0v) is 13.5. The molecule has 0 unspecified atom stereocenters. The third-order valence-corrected chi connectivity index (χ3v) is 4.65. The second-order valence-corrected chi connectivity index (χ2v) is 6.32. The summed E-state index contributed by atoms with van der Waals surface area (Å²) in [6.45, 7) is 0.781. The van der Waals surface area contributed by atoms with Gasteiger partial charge < -0.3 is 10.2 Å². The fourth-order valence-electron chi connectivity index (χ4n) is 3.36. The quantitative estimate of drug-likeness (QED) is 0.850. The van der Waals surface area contributed by atoms with Crippen molar-refractivity contribution in [3.8, 4) is 0 Å². The molecule has 0 spiro atoms. The lowest BCUT2D eigenvalue weighted by Gasteiger charge is -2.28. The van der Waals surface area contributed by atoms with Crippen molar-refractivity contribution in [2.75, 3.05) is 18.0 Å². The largest absolute Gasteiger partial charge is 0.354 e. The predicted molar refractivity (Wildman–Crippen MR) is 91.3 cm³/mol. The van der Waals surface area contributed by atoms with E-state index in [0.29, 0.717) is 13.0 Å². The van der Waals surface area contributed by atoms with Crippen LogP contribution in [0.3, 0.4) is 0 Å². The number of para-hydroxylation sites is 1. The van der Waals surface area contributed by atoms with Crippen LogP contribution in [0.2, 0.25) is 0 Å². The SMILES string of the molecule is O=C(CN1C(=O)CCc2ccccc21)NCCC1=CCCCC1. The summed E-state index contributed by atoms with van der Waals surface area (Å²) in [6.07, 6.45) is 9.36. The van der Waals surface area contributed by atoms with Crippen molar-refractivity contribution in [2.45, 2.75) is 44.9 Å². The third-order valence-electron chi connectivity index (χ3n) is 4.65. The summed E-state index contributed by atoms with van der Waals surface area (Å²) >= 11 is 0. The Balaban J connectivity index is 1.53. The van der Waals surface area contributed by atoms with Crippen LogP contribution in [-0.4, -0.2) is 24.9 Å². The number of rotatable bonds is 5. The Hall–Kier alpha value is -2.10. The van der Waals surface area contributed by atoms with E-state index in [4.69, 9.17) is 0 Å². The minimum Gasteiger partial charge on any atom is -0.354 e. The summed E-state index contributed by atoms with van der Waals surface area (Å²) in [5.41, 5.74) is 3.48. The first-order chi connectivity index (χ1) is 11.2. The van der Waals surface area contributed by atoms with Crippen LogP contribution in [0.15, 0.2) is 35.9 Å². The van der Waals surface area contributed by atoms with Gasteiger partial charge in [0.2, 0.25) is 11.8 Å². The molecule has 1 aliphatic carbocycles. The summed E-state index contributed by atoms with van der Waals surface area (Å²) in [6, 6.07) is 7.84. The van der Waals surface area contributed by atoms with Crippen molar-refractivity contribution in [2.24, 2.45) is 0 Å². The minimum absolute atomic E-state index is 0.0360. The van der Waals surface area contributed by atoms with Gasteiger partial charge in [-0.15, -0.1) is 0 Å². The number of fused-ring (bicyclic) bond motifs is 1. The van der Waals surface area contributed by atoms with E-state index in [1.54, 1.807) is 4.90 Å². The van der Waals surface area contributed by atoms with Crippen LogP contribution in [0.4, 0.5) is 5.69 Å². The number of amides is 2. The van der Waals surface area contributed by atoms with Gasteiger partial charge in [-0.1, -0.05) is 29.8 Å². The number of nitrogens with zero attached hydrogens (tertiary/aromatic N) is 1. The van der Waals surface area contributed by atoms with Gasteiger partial charge in [0.25, 0.3) is 0 Å². The molecule has 23 heavy (non-hydrogen) atoms. The van der Waals surface area contributed by atoms with Crippen molar-refractivity contribution in [3.63, 3.8) is 0 Å². The van der Waals surface area contributed by atoms with Crippen molar-refractivity contribution >= 4 is 17.5 Å². The van der Waals surface area contributed by atoms with Gasteiger partial charge >= 0.3 is 0 Å². The van der Waals surface area contributed by atoms with Crippen LogP contribution < -0.4 is 10.2 Å². The van der Waals surface area contributed by atoms with Crippen LogP contribution in [0.5, 0.6) is 0 Å². The molecule has 2 amide bonds. The summed E-state index contributed by atoms with van der Waals surface area (Å²) in [5.74, 6) is -0.0414. The second kappa shape index (κ2) is 7.44. The van der Waals surface area contributed by atoms with Crippen LogP contribution >= 0.6 is 0 Å². The molecular weight excluding hydrogens is 288 g/mol. The minimum atomic E-state index is -0.0773. The van der Waals surface area contributed by atoms with E-state index in [1.807, 2.05) is 24.3 Å². The van der Waals surface area contributed by atoms with Gasteiger partial charge in [-0.25, -0.2) is 0 Å². The number of carbonyl (C=O) groups excluding carboxylic acids is 2. The van der Waals surface area contributed by atoms with Gasteiger partial charge in [-0.05, 0) is 50.2 Å². The molecular formula is C19H24N2O2. The lowest BCUT2D eigenvalue weighted by Crippen LogP contribution is -2.43. The lowest BCUT2D eigenvalue weighted by atomic mass is 9.97. The van der Waals surface area contributed by atoms with Gasteiger partial charge in [0.1, 0.15) is 6.54 Å². The zero-order valence-electron chi connectivity index (χ0n) is 13.5. The number of carbonyl (C=O) groups is 2. The summed E-state index contributed by atoms with van der Waals surface area (Å²) < 4.78 is 0. The maximum Gasteiger partial charge on any atom is 0.240 e. The number of hydrogen-bond donors (Lipinski definition) is 1. The molecule has 3 rings (SSSR count). The Morgan fingerprint density at radius 3 is 2.83 bits per heavy atom. The van der Waals surface area contributed by atoms with Crippen LogP contribution in [-0.2, 0) is 16.0 Å². The van der Waals surface area contributed by atoms with Crippen LogP contribution in [0, 0.1) is 0 Å². The number of benzene rings is 1. The molecule has 2 aliphatic rings. The highest BCUT2D eigenvalue weighted by Crippen LogP contribution is 2.27. The van der Waals surface area contributed by atoms with E-state index in [1.165, 1.54) is 24.8 Å². The molecule has 4 nitrogen and oxygen atoms in total. The molecule has 0 saturated carbocycles. The van der Waals surface area contributed by atoms with E-state index < -0.39 is 0 Å². The molecule has 4 heteroatoms. The Morgan fingerprint density at radius 1 is 1.13 bits per heavy atom. The molecule has 1 aromatic carbocycles. The topological polar surface area (TPSA) is 49.4 Å². The van der Waals surface area contributed by atoms with Gasteiger partial charge in [0, 0.05) is 18.7 Å². The molecule has 0 bridgehead atoms. The number of allylic oxidation sites excluding steroid dienone is 1. The fourth-order valence-corrected chi connectivity index (χ4v) is 3.36. The van der Waals surface area contributed by atoms with E-state index in [9.17, 15) is 9.59 Å². The van der Waals surface area contributed by atoms with Gasteiger partial charge in [-0.3, -0.25) is 9.59 Å². The molecule has 0 aromatic heterocycles. The van der Waals surface area contributed by atoms with Crippen LogP contribution in [0.1, 0.15) is 44.1 Å². The highest BCUT2D eigenvalue weighted by atomic mass is 16.2. The van der Waals surface area contributed by atoms with E-state index in [0.717, 1.165) is 30.5 Å². The van der Waals surface area contributed by atoms with Crippen LogP contribution in [0.25, 0.3) is 0 Å². The Bertz CT molecular complexity index is 622. The highest BCUT2D eigenvalue weighted by Gasteiger charge is 2.25. The van der Waals surface area contributed by atoms with E-state index in [-0.39, 0.29) is 18.4 Å². The first kappa shape index (κ1) is 15.8. The normalized spacial score (nSPS) is 17.5. The predicted octanol–water partition coefficient (Wildman–Crippen LogP) is 2.97.